The van der Waals surface area contributed by atoms with Crippen LogP contribution in [0, 0.1) is 0 Å². The van der Waals surface area contributed by atoms with E-state index in [0.29, 0.717) is 0 Å². The lowest BCUT2D eigenvalue weighted by Gasteiger charge is -1.56. The van der Waals surface area contributed by atoms with Crippen LogP contribution in [0.4, 0.5) is 0 Å². The van der Waals surface area contributed by atoms with Gasteiger partial charge in [-0.25, -0.2) is 0 Å². The average Bonchev–Trinajstić information content (AvgIpc) is 1.41. The molecule has 6 heavy (non-hydrogen) atoms. The van der Waals surface area contributed by atoms with Gasteiger partial charge in [0.2, 0.25) is 0 Å². The van der Waals surface area contributed by atoms with Crippen molar-refractivity contribution in [1.82, 2.24) is 0 Å². The minimum absolute atomic E-state index is 0.167. The van der Waals surface area contributed by atoms with Crippen LogP contribution < -0.4 is 0 Å². The van der Waals surface area contributed by atoms with Gasteiger partial charge in [-0.15, -0.1) is 0 Å². The molecule has 0 aromatic rings. The van der Waals surface area contributed by atoms with Gasteiger partial charge in [-0.3, -0.25) is 4.21 Å². The predicted molar refractivity (Wildman–Crippen MR) is 27.3 cm³/mol. The summed E-state index contributed by atoms with van der Waals surface area (Å²) in [6.07, 6.45) is 0. The van der Waals surface area contributed by atoms with Crippen molar-refractivity contribution in [2.45, 2.75) is 13.8 Å². The van der Waals surface area contributed by atoms with Gasteiger partial charge in [0.15, 0.2) is 0 Å². The summed E-state index contributed by atoms with van der Waals surface area (Å²) in [6.45, 7) is 3.06. The molecular formula is C3H8O2S. The first-order valence-electron chi connectivity index (χ1n) is 1.41. The van der Waals surface area contributed by atoms with Crippen LogP contribution in [0.25, 0.3) is 0 Å². The summed E-state index contributed by atoms with van der Waals surface area (Å²) in [5.74, 6) is 0.167. The van der Waals surface area contributed by atoms with Gasteiger partial charge in [0.25, 0.3) is 0 Å². The van der Waals surface area contributed by atoms with Crippen molar-refractivity contribution in [3.8, 4) is 0 Å². The van der Waals surface area contributed by atoms with Gasteiger partial charge in [-0.05, 0) is 26.4 Å². The minimum Gasteiger partial charge on any atom is -0.300 e. The van der Waals surface area contributed by atoms with Crippen molar-refractivity contribution in [2.24, 2.45) is 0 Å². The molecule has 0 saturated heterocycles. The smallest absolute Gasteiger partial charge is 0.126 e. The zero-order valence-electron chi connectivity index (χ0n) is 3.82. The molecule has 0 fully saturated rings. The Labute approximate surface area is 42.1 Å². The number of Topliss-reactive ketones (excluding diaryl/α,β-unsaturated/α-hetero) is 1. The molecule has 0 unspecified atom stereocenters. The second-order valence-corrected chi connectivity index (χ2v) is 0.908. The Morgan fingerprint density at radius 1 is 1.33 bits per heavy atom. The third kappa shape index (κ3) is 938. The average molecular weight is 108 g/mol. The molecule has 0 aliphatic carbocycles. The van der Waals surface area contributed by atoms with Crippen molar-refractivity contribution < 1.29 is 9.00 Å². The van der Waals surface area contributed by atoms with E-state index in [4.69, 9.17) is 4.21 Å². The molecule has 0 amide bonds. The van der Waals surface area contributed by atoms with Crippen LogP contribution in [-0.2, 0) is 17.3 Å². The Bertz CT molecular complexity index is 40.1. The van der Waals surface area contributed by atoms with Crippen LogP contribution in [0.2, 0.25) is 0 Å². The largest absolute Gasteiger partial charge is 0.300 e. The topological polar surface area (TPSA) is 34.1 Å². The highest BCUT2D eigenvalue weighted by Gasteiger charge is 1.62. The highest BCUT2D eigenvalue weighted by Crippen LogP contribution is 1.50. The maximum Gasteiger partial charge on any atom is 0.126 e. The van der Waals surface area contributed by atoms with Crippen molar-refractivity contribution in [3.05, 3.63) is 0 Å². The predicted octanol–water partition coefficient (Wildman–Crippen LogP) is -0.276. The Kier molecular flexibility index (Phi) is 13.7. The lowest BCUT2D eigenvalue weighted by atomic mass is 10.6. The van der Waals surface area contributed by atoms with Crippen molar-refractivity contribution in [2.75, 3.05) is 0 Å². The number of rotatable bonds is 0. The molecule has 0 N–H and O–H groups in total. The zero-order chi connectivity index (χ0) is 5.58. The fourth-order valence-corrected chi connectivity index (χ4v) is 0. The van der Waals surface area contributed by atoms with Gasteiger partial charge in [0.05, 0.1) is 0 Å². The van der Waals surface area contributed by atoms with Gasteiger partial charge in [-0.1, -0.05) is 0 Å². The highest BCUT2D eigenvalue weighted by atomic mass is 32.1. The molecule has 0 aromatic carbocycles. The molecule has 0 saturated carbocycles. The lowest BCUT2D eigenvalue weighted by molar-refractivity contribution is -0.114. The van der Waals surface area contributed by atoms with Gasteiger partial charge < -0.3 is 4.79 Å². The highest BCUT2D eigenvalue weighted by molar-refractivity contribution is 7.44. The van der Waals surface area contributed by atoms with E-state index < -0.39 is 0 Å². The van der Waals surface area contributed by atoms with Crippen LogP contribution in [0.3, 0.4) is 0 Å². The molecule has 0 aliphatic heterocycles. The van der Waals surface area contributed by atoms with E-state index in [1.807, 2.05) is 0 Å². The fraction of sp³-hybridized carbons (Fsp3) is 0.667. The first-order chi connectivity index (χ1) is 2.73. The summed E-state index contributed by atoms with van der Waals surface area (Å²) >= 11 is 1.72. The zero-order valence-corrected chi connectivity index (χ0v) is 4.82. The fourth-order valence-electron chi connectivity index (χ4n) is 0. The lowest BCUT2D eigenvalue weighted by Crippen LogP contribution is -1.69. The summed E-state index contributed by atoms with van der Waals surface area (Å²) < 4.78 is 8.06. The van der Waals surface area contributed by atoms with Gasteiger partial charge >= 0.3 is 0 Å². The Morgan fingerprint density at radius 2 is 1.33 bits per heavy atom. The maximum atomic E-state index is 9.44. The Morgan fingerprint density at radius 3 is 1.33 bits per heavy atom. The summed E-state index contributed by atoms with van der Waals surface area (Å²) in [6, 6.07) is 0. The normalized spacial score (nSPS) is 5.17. The van der Waals surface area contributed by atoms with Crippen molar-refractivity contribution in [1.29, 1.82) is 0 Å². The first-order valence-corrected chi connectivity index (χ1v) is 1.82. The van der Waals surface area contributed by atoms with E-state index in [1.165, 1.54) is 13.8 Å². The molecule has 2 nitrogen and oxygen atoms in total. The van der Waals surface area contributed by atoms with E-state index in [0.717, 1.165) is 0 Å². The van der Waals surface area contributed by atoms with Crippen molar-refractivity contribution >= 4 is 18.3 Å². The third-order valence-corrected chi connectivity index (χ3v) is 0. The molecule has 3 heteroatoms. The summed E-state index contributed by atoms with van der Waals surface area (Å²) in [7, 11) is 0. The van der Waals surface area contributed by atoms with Crippen LogP contribution in [0.5, 0.6) is 0 Å². The number of carbonyl (C=O) groups is 1. The monoisotopic (exact) mass is 108 g/mol. The van der Waals surface area contributed by atoms with Gasteiger partial charge in [-0.2, -0.15) is 0 Å². The van der Waals surface area contributed by atoms with Crippen LogP contribution in [0.15, 0.2) is 0 Å². The second kappa shape index (κ2) is 8.84. The van der Waals surface area contributed by atoms with E-state index in [1.54, 1.807) is 12.5 Å². The SMILES string of the molecule is CC(C)=O.O=[SH2]. The minimum atomic E-state index is 0.167. The van der Waals surface area contributed by atoms with E-state index in [2.05, 4.69) is 0 Å². The van der Waals surface area contributed by atoms with Crippen LogP contribution >= 0.6 is 0 Å². The quantitative estimate of drug-likeness (QED) is 0.428. The Balaban J connectivity index is 0. The molecule has 0 aliphatic rings. The molecule has 0 rings (SSSR count). The summed E-state index contributed by atoms with van der Waals surface area (Å²) in [5, 5.41) is 0. The summed E-state index contributed by atoms with van der Waals surface area (Å²) in [5.41, 5.74) is 0. The molecule has 0 radical (unpaired) electrons. The number of ketones is 1. The number of hydrogen-bond acceptors (Lipinski definition) is 2. The number of carbonyl (C=O) groups excluding carboxylic acids is 1. The summed E-state index contributed by atoms with van der Waals surface area (Å²) in [4.78, 5) is 9.44. The molecule has 0 atom stereocenters. The van der Waals surface area contributed by atoms with E-state index in [-0.39, 0.29) is 5.78 Å². The molecule has 0 spiro atoms. The van der Waals surface area contributed by atoms with Gasteiger partial charge in [0.1, 0.15) is 5.78 Å². The standard InChI is InChI=1S/C3H6O.H2OS/c1-3(2)4;1-2/h1-2H3;2H2. The second-order valence-electron chi connectivity index (χ2n) is 0.908. The molecule has 0 heterocycles. The van der Waals surface area contributed by atoms with Crippen LogP contribution in [0.1, 0.15) is 13.8 Å². The maximum absolute atomic E-state index is 9.44. The van der Waals surface area contributed by atoms with Crippen LogP contribution in [-0.4, -0.2) is 9.99 Å². The first kappa shape index (κ1) is 9.27. The van der Waals surface area contributed by atoms with E-state index in [9.17, 15) is 4.79 Å². The van der Waals surface area contributed by atoms with E-state index >= 15 is 0 Å². The molecule has 0 aromatic heterocycles. The molecular weight excluding hydrogens is 100 g/mol. The van der Waals surface area contributed by atoms with Gasteiger partial charge in [0, 0.05) is 0 Å². The number of hydrogen-bond donors (Lipinski definition) is 0. The molecule has 0 bridgehead atoms. The molecule has 38 valence electrons. The Hall–Kier alpha value is -0.180. The van der Waals surface area contributed by atoms with Crippen molar-refractivity contribution in [3.63, 3.8) is 0 Å². The third-order valence-electron chi connectivity index (χ3n) is 0.